The van der Waals surface area contributed by atoms with Crippen molar-refractivity contribution in [1.29, 1.82) is 0 Å². The predicted molar refractivity (Wildman–Crippen MR) is 100 cm³/mol. The highest BCUT2D eigenvalue weighted by Crippen LogP contribution is 2.41. The molecule has 2 aromatic rings. The lowest BCUT2D eigenvalue weighted by atomic mass is 9.89. The maximum atomic E-state index is 12.7. The molecule has 7 nitrogen and oxygen atoms in total. The lowest BCUT2D eigenvalue weighted by Crippen LogP contribution is -2.41. The highest BCUT2D eigenvalue weighted by atomic mass is 16.6. The molecule has 1 heterocycles. The van der Waals surface area contributed by atoms with Crippen LogP contribution >= 0.6 is 0 Å². The molecule has 27 heavy (non-hydrogen) atoms. The first kappa shape index (κ1) is 18.7. The summed E-state index contributed by atoms with van der Waals surface area (Å²) >= 11 is 0. The molecule has 1 atom stereocenters. The quantitative estimate of drug-likeness (QED) is 0.650. The number of carbonyl (C=O) groups excluding carboxylic acids is 1. The van der Waals surface area contributed by atoms with Crippen molar-refractivity contribution < 1.29 is 19.2 Å². The van der Waals surface area contributed by atoms with Crippen molar-refractivity contribution in [2.75, 3.05) is 7.11 Å². The number of carbonyl (C=O) groups is 1. The topological polar surface area (TPSA) is 90.7 Å². The molecule has 0 spiro atoms. The summed E-state index contributed by atoms with van der Waals surface area (Å²) in [5, 5.41) is 14.1. The van der Waals surface area contributed by atoms with Crippen LogP contribution < -0.4 is 14.8 Å². The molecular formula is C20H22N2O5. The zero-order valence-electron chi connectivity index (χ0n) is 15.7. The average molecular weight is 370 g/mol. The van der Waals surface area contributed by atoms with Crippen LogP contribution in [0, 0.1) is 17.0 Å². The number of amides is 1. The van der Waals surface area contributed by atoms with Crippen LogP contribution in [0.4, 0.5) is 5.69 Å². The van der Waals surface area contributed by atoms with Gasteiger partial charge < -0.3 is 14.8 Å². The third kappa shape index (κ3) is 3.86. The number of hydrogen-bond acceptors (Lipinski definition) is 5. The number of ether oxygens (including phenoxy) is 2. The number of benzene rings is 2. The largest absolute Gasteiger partial charge is 0.497 e. The van der Waals surface area contributed by atoms with Gasteiger partial charge in [-0.1, -0.05) is 6.07 Å². The number of aryl methyl sites for hydroxylation is 1. The van der Waals surface area contributed by atoms with Gasteiger partial charge in [-0.2, -0.15) is 0 Å². The molecule has 2 aromatic carbocycles. The third-order valence-corrected chi connectivity index (χ3v) is 4.65. The molecule has 1 aliphatic heterocycles. The van der Waals surface area contributed by atoms with Gasteiger partial charge in [0.15, 0.2) is 0 Å². The van der Waals surface area contributed by atoms with E-state index in [1.54, 1.807) is 32.2 Å². The molecule has 0 saturated carbocycles. The van der Waals surface area contributed by atoms with E-state index >= 15 is 0 Å². The van der Waals surface area contributed by atoms with Crippen molar-refractivity contribution in [3.05, 3.63) is 63.2 Å². The standard InChI is InChI=1S/C20H22N2O5/c1-12-5-6-13(9-17(12)22(24)25)19(23)21-16-11-20(2,3)27-18-10-14(26-4)7-8-15(16)18/h5-10,16H,11H2,1-4H3,(H,21,23)/t16-/m1/s1. The van der Waals surface area contributed by atoms with Gasteiger partial charge >= 0.3 is 0 Å². The first-order valence-electron chi connectivity index (χ1n) is 8.63. The molecule has 0 aliphatic carbocycles. The molecule has 0 saturated heterocycles. The van der Waals surface area contributed by atoms with Gasteiger partial charge in [0.2, 0.25) is 0 Å². The lowest BCUT2D eigenvalue weighted by molar-refractivity contribution is -0.385. The van der Waals surface area contributed by atoms with Crippen LogP contribution in [-0.2, 0) is 0 Å². The molecule has 0 bridgehead atoms. The predicted octanol–water partition coefficient (Wildman–Crippen LogP) is 3.94. The highest BCUT2D eigenvalue weighted by molar-refractivity contribution is 5.95. The van der Waals surface area contributed by atoms with Crippen LogP contribution in [0.5, 0.6) is 11.5 Å². The maximum Gasteiger partial charge on any atom is 0.273 e. The number of nitrogens with zero attached hydrogens (tertiary/aromatic N) is 1. The Balaban J connectivity index is 1.90. The normalized spacial score (nSPS) is 17.4. The van der Waals surface area contributed by atoms with E-state index in [1.165, 1.54) is 6.07 Å². The first-order valence-corrected chi connectivity index (χ1v) is 8.63. The zero-order valence-corrected chi connectivity index (χ0v) is 15.7. The minimum Gasteiger partial charge on any atom is -0.497 e. The monoisotopic (exact) mass is 370 g/mol. The van der Waals surface area contributed by atoms with E-state index in [0.717, 1.165) is 5.56 Å². The molecule has 0 aromatic heterocycles. The van der Waals surface area contributed by atoms with Crippen LogP contribution in [0.2, 0.25) is 0 Å². The number of nitro benzene ring substituents is 1. The van der Waals surface area contributed by atoms with Crippen LogP contribution in [0.15, 0.2) is 36.4 Å². The molecule has 1 amide bonds. The molecule has 1 N–H and O–H groups in total. The van der Waals surface area contributed by atoms with Crippen molar-refractivity contribution >= 4 is 11.6 Å². The summed E-state index contributed by atoms with van der Waals surface area (Å²) < 4.78 is 11.3. The molecule has 0 radical (unpaired) electrons. The fourth-order valence-electron chi connectivity index (χ4n) is 3.28. The summed E-state index contributed by atoms with van der Waals surface area (Å²) in [5.74, 6) is 0.971. The second kappa shape index (κ2) is 6.90. The fourth-order valence-corrected chi connectivity index (χ4v) is 3.28. The Labute approximate surface area is 157 Å². The van der Waals surface area contributed by atoms with E-state index < -0.39 is 10.5 Å². The van der Waals surface area contributed by atoms with E-state index in [1.807, 2.05) is 26.0 Å². The number of fused-ring (bicyclic) bond motifs is 1. The Morgan fingerprint density at radius 3 is 2.70 bits per heavy atom. The van der Waals surface area contributed by atoms with Crippen molar-refractivity contribution in [3.63, 3.8) is 0 Å². The maximum absolute atomic E-state index is 12.7. The van der Waals surface area contributed by atoms with Crippen molar-refractivity contribution in [2.24, 2.45) is 0 Å². The number of hydrogen-bond donors (Lipinski definition) is 1. The second-order valence-electron chi connectivity index (χ2n) is 7.25. The molecule has 1 aliphatic rings. The lowest BCUT2D eigenvalue weighted by Gasteiger charge is -2.38. The third-order valence-electron chi connectivity index (χ3n) is 4.65. The molecule has 3 rings (SSSR count). The summed E-state index contributed by atoms with van der Waals surface area (Å²) in [6, 6.07) is 9.69. The van der Waals surface area contributed by atoms with Crippen molar-refractivity contribution in [1.82, 2.24) is 5.32 Å². The van der Waals surface area contributed by atoms with E-state index in [9.17, 15) is 14.9 Å². The molecule has 0 unspecified atom stereocenters. The average Bonchev–Trinajstić information content (AvgIpc) is 2.60. The van der Waals surface area contributed by atoms with Gasteiger partial charge in [0.1, 0.15) is 17.1 Å². The fraction of sp³-hybridized carbons (Fsp3) is 0.350. The Morgan fingerprint density at radius 2 is 2.04 bits per heavy atom. The summed E-state index contributed by atoms with van der Waals surface area (Å²) in [6.45, 7) is 5.54. The van der Waals surface area contributed by atoms with Gasteiger partial charge in [-0.05, 0) is 39.0 Å². The molecular weight excluding hydrogens is 348 g/mol. The SMILES string of the molecule is COc1ccc2c(c1)OC(C)(C)C[C@H]2NC(=O)c1ccc(C)c([N+](=O)[O-])c1. The summed E-state index contributed by atoms with van der Waals surface area (Å²) in [5.41, 5.74) is 1.08. The number of nitro groups is 1. The Kier molecular flexibility index (Phi) is 4.78. The Bertz CT molecular complexity index is 907. The first-order chi connectivity index (χ1) is 12.7. The van der Waals surface area contributed by atoms with Gasteiger partial charge in [0.05, 0.1) is 18.1 Å². The number of nitrogens with one attached hydrogen (secondary N) is 1. The van der Waals surface area contributed by atoms with E-state index in [0.29, 0.717) is 23.5 Å². The Morgan fingerprint density at radius 1 is 1.30 bits per heavy atom. The van der Waals surface area contributed by atoms with Crippen molar-refractivity contribution in [3.8, 4) is 11.5 Å². The molecule has 142 valence electrons. The van der Waals surface area contributed by atoms with Gasteiger partial charge in [-0.3, -0.25) is 14.9 Å². The van der Waals surface area contributed by atoms with E-state index in [-0.39, 0.29) is 23.2 Å². The summed E-state index contributed by atoms with van der Waals surface area (Å²) in [4.78, 5) is 23.4. The number of methoxy groups -OCH3 is 1. The molecule has 0 fully saturated rings. The van der Waals surface area contributed by atoms with E-state index in [2.05, 4.69) is 5.32 Å². The number of rotatable bonds is 4. The van der Waals surface area contributed by atoms with Crippen LogP contribution in [-0.4, -0.2) is 23.5 Å². The van der Waals surface area contributed by atoms with Gasteiger partial charge in [-0.15, -0.1) is 0 Å². The zero-order chi connectivity index (χ0) is 19.8. The minimum absolute atomic E-state index is 0.0694. The van der Waals surface area contributed by atoms with Crippen molar-refractivity contribution in [2.45, 2.75) is 38.8 Å². The van der Waals surface area contributed by atoms with Crippen LogP contribution in [0.1, 0.15) is 47.8 Å². The summed E-state index contributed by atoms with van der Waals surface area (Å²) in [6.07, 6.45) is 0.575. The van der Waals surface area contributed by atoms with E-state index in [4.69, 9.17) is 9.47 Å². The van der Waals surface area contributed by atoms with Gasteiger partial charge in [-0.25, -0.2) is 0 Å². The van der Waals surface area contributed by atoms with Crippen LogP contribution in [0.3, 0.4) is 0 Å². The second-order valence-corrected chi connectivity index (χ2v) is 7.25. The smallest absolute Gasteiger partial charge is 0.273 e. The summed E-state index contributed by atoms with van der Waals surface area (Å²) in [7, 11) is 1.58. The van der Waals surface area contributed by atoms with Gasteiger partial charge in [0.25, 0.3) is 11.6 Å². The highest BCUT2D eigenvalue weighted by Gasteiger charge is 2.35. The van der Waals surface area contributed by atoms with Crippen LogP contribution in [0.25, 0.3) is 0 Å². The molecule has 7 heteroatoms. The van der Waals surface area contributed by atoms with Gasteiger partial charge in [0, 0.05) is 35.2 Å². The minimum atomic E-state index is -0.481. The Hall–Kier alpha value is -3.09.